The van der Waals surface area contributed by atoms with E-state index >= 15 is 0 Å². The number of ether oxygens (including phenoxy) is 2. The maximum Gasteiger partial charge on any atom is 0.313 e. The van der Waals surface area contributed by atoms with Gasteiger partial charge in [-0.05, 0) is 31.0 Å². The molecule has 1 spiro atoms. The number of allylic oxidation sites excluding steroid dienone is 1. The minimum absolute atomic E-state index is 0.0573. The van der Waals surface area contributed by atoms with Gasteiger partial charge in [0.05, 0.1) is 41.9 Å². The Morgan fingerprint density at radius 2 is 1.80 bits per heavy atom. The van der Waals surface area contributed by atoms with E-state index in [1.807, 2.05) is 18.2 Å². The summed E-state index contributed by atoms with van der Waals surface area (Å²) in [6, 6.07) is 14.1. The first-order valence-corrected chi connectivity index (χ1v) is 15.2. The fraction of sp³-hybridized carbons (Fsp3) is 0.394. The molecule has 2 aromatic carbocycles. The highest BCUT2D eigenvalue weighted by Gasteiger charge is 2.72. The van der Waals surface area contributed by atoms with Crippen molar-refractivity contribution in [2.45, 2.75) is 49.7 Å². The van der Waals surface area contributed by atoms with Gasteiger partial charge in [0.2, 0.25) is 11.8 Å². The highest BCUT2D eigenvalue weighted by molar-refractivity contribution is 6.34. The molecule has 10 nitrogen and oxygen atoms in total. The van der Waals surface area contributed by atoms with Crippen molar-refractivity contribution < 1.29 is 33.8 Å². The van der Waals surface area contributed by atoms with E-state index in [0.29, 0.717) is 22.7 Å². The number of carbonyl (C=O) groups is 4. The molecule has 3 amide bonds. The molecule has 2 N–H and O–H groups in total. The summed E-state index contributed by atoms with van der Waals surface area (Å²) in [6.45, 7) is 1.47. The number of para-hydroxylation sites is 1. The number of hydrogen-bond donors (Lipinski definition) is 2. The smallest absolute Gasteiger partial charge is 0.313 e. The largest absolute Gasteiger partial charge is 0.455 e. The number of esters is 1. The van der Waals surface area contributed by atoms with Crippen LogP contribution in [0.1, 0.15) is 31.4 Å². The lowest BCUT2D eigenvalue weighted by atomic mass is 9.78. The lowest BCUT2D eigenvalue weighted by Crippen LogP contribution is -2.57. The number of nitrogens with one attached hydrogen (secondary N) is 1. The molecule has 6 rings (SSSR count). The number of anilines is 1. The SMILES string of the molecule is C[C@H](CO)N1C(=O)[C@H]2[C@@H]3C(=O)O[C@@H](c4ccccc4)CNC(=O)CC/C=C\[C@@H]3O[C@]23C=CCN(c2ccccc2Cl)C(=O)[C@H]13. The first-order valence-electron chi connectivity index (χ1n) is 14.8. The van der Waals surface area contributed by atoms with Gasteiger partial charge in [-0.3, -0.25) is 19.2 Å². The molecule has 2 aromatic rings. The van der Waals surface area contributed by atoms with E-state index in [4.69, 9.17) is 21.1 Å². The second-order valence-corrected chi connectivity index (χ2v) is 11.9. The topological polar surface area (TPSA) is 125 Å². The van der Waals surface area contributed by atoms with Crippen molar-refractivity contribution in [2.75, 3.05) is 24.6 Å². The highest BCUT2D eigenvalue weighted by Crippen LogP contribution is 2.54. The maximum absolute atomic E-state index is 14.5. The Bertz CT molecular complexity index is 1510. The average molecular weight is 620 g/mol. The predicted octanol–water partition coefficient (Wildman–Crippen LogP) is 2.96. The number of halogens is 1. The normalized spacial score (nSPS) is 31.9. The van der Waals surface area contributed by atoms with Crippen LogP contribution in [0.3, 0.4) is 0 Å². The predicted molar refractivity (Wildman–Crippen MR) is 161 cm³/mol. The van der Waals surface area contributed by atoms with Crippen molar-refractivity contribution >= 4 is 41.0 Å². The molecule has 4 aliphatic rings. The molecule has 230 valence electrons. The number of benzene rings is 2. The third-order valence-corrected chi connectivity index (χ3v) is 9.18. The van der Waals surface area contributed by atoms with Crippen LogP contribution in [-0.2, 0) is 28.7 Å². The maximum atomic E-state index is 14.5. The third kappa shape index (κ3) is 5.10. The summed E-state index contributed by atoms with van der Waals surface area (Å²) < 4.78 is 12.7. The van der Waals surface area contributed by atoms with Gasteiger partial charge < -0.3 is 29.7 Å². The third-order valence-electron chi connectivity index (χ3n) is 8.86. The van der Waals surface area contributed by atoms with Crippen LogP contribution in [0, 0.1) is 11.8 Å². The molecule has 44 heavy (non-hydrogen) atoms. The summed E-state index contributed by atoms with van der Waals surface area (Å²) in [5.74, 6) is -3.99. The van der Waals surface area contributed by atoms with E-state index in [1.54, 1.807) is 67.6 Å². The number of nitrogens with zero attached hydrogens (tertiary/aromatic N) is 2. The summed E-state index contributed by atoms with van der Waals surface area (Å²) in [6.07, 6.45) is 5.80. The van der Waals surface area contributed by atoms with Crippen LogP contribution in [-0.4, -0.2) is 77.2 Å². The Hall–Kier alpha value is -3.99. The van der Waals surface area contributed by atoms with Gasteiger partial charge >= 0.3 is 5.97 Å². The van der Waals surface area contributed by atoms with Crippen LogP contribution >= 0.6 is 11.6 Å². The van der Waals surface area contributed by atoms with Crippen LogP contribution in [0.2, 0.25) is 5.02 Å². The van der Waals surface area contributed by atoms with Crippen LogP contribution in [0.5, 0.6) is 0 Å². The lowest BCUT2D eigenvalue weighted by molar-refractivity contribution is -0.160. The van der Waals surface area contributed by atoms with Crippen molar-refractivity contribution in [3.63, 3.8) is 0 Å². The van der Waals surface area contributed by atoms with E-state index < -0.39 is 66.1 Å². The first kappa shape index (κ1) is 30.1. The number of likely N-dealkylation sites (tertiary alicyclic amines) is 1. The molecule has 0 radical (unpaired) electrons. The molecule has 4 heterocycles. The molecule has 11 heteroatoms. The van der Waals surface area contributed by atoms with Crippen LogP contribution in [0.15, 0.2) is 78.9 Å². The average Bonchev–Trinajstić information content (AvgIpc) is 3.42. The van der Waals surface area contributed by atoms with E-state index in [1.165, 1.54) is 9.80 Å². The molecule has 4 aliphatic heterocycles. The zero-order valence-corrected chi connectivity index (χ0v) is 24.9. The molecule has 0 unspecified atom stereocenters. The van der Waals surface area contributed by atoms with Crippen molar-refractivity contribution in [3.8, 4) is 0 Å². The molecule has 0 aliphatic carbocycles. The number of hydrogen-bond acceptors (Lipinski definition) is 7. The monoisotopic (exact) mass is 619 g/mol. The minimum atomic E-state index is -1.53. The molecule has 0 aromatic heterocycles. The van der Waals surface area contributed by atoms with Crippen molar-refractivity contribution in [2.24, 2.45) is 11.8 Å². The van der Waals surface area contributed by atoms with Crippen LogP contribution in [0.25, 0.3) is 0 Å². The van der Waals surface area contributed by atoms with E-state index in [-0.39, 0.29) is 25.4 Å². The number of fused-ring (bicyclic) bond motifs is 2. The van der Waals surface area contributed by atoms with Crippen molar-refractivity contribution in [3.05, 3.63) is 89.5 Å². The van der Waals surface area contributed by atoms with Crippen LogP contribution in [0.4, 0.5) is 5.69 Å². The van der Waals surface area contributed by atoms with E-state index in [9.17, 15) is 24.3 Å². The van der Waals surface area contributed by atoms with Crippen molar-refractivity contribution in [1.82, 2.24) is 10.2 Å². The molecular weight excluding hydrogens is 586 g/mol. The Morgan fingerprint density at radius 1 is 1.05 bits per heavy atom. The molecule has 0 saturated carbocycles. The summed E-state index contributed by atoms with van der Waals surface area (Å²) in [4.78, 5) is 58.4. The highest BCUT2D eigenvalue weighted by atomic mass is 35.5. The second-order valence-electron chi connectivity index (χ2n) is 11.5. The summed E-state index contributed by atoms with van der Waals surface area (Å²) in [5.41, 5.74) is -0.368. The standard InChI is InChI=1S/C33H34ClN3O7/c1-20(19-38)37-29-31(41)36(23-13-6-5-12-22(23)34)17-9-16-33(29)28(30(37)40)27-24(44-33)14-7-8-15-26(39)35-18-25(43-32(27)42)21-10-3-2-4-11-21/h2-7,9-14,16,20,24-25,27-29,38H,8,15,17-19H2,1H3,(H,35,39)/b14-7-/t20-,24+,25-,27-,28-,29+,33-/m1/s1. The van der Waals surface area contributed by atoms with Gasteiger partial charge in [0.15, 0.2) is 0 Å². The number of amides is 3. The Balaban J connectivity index is 1.45. The van der Waals surface area contributed by atoms with E-state index in [0.717, 1.165) is 0 Å². The van der Waals surface area contributed by atoms with Gasteiger partial charge in [0.1, 0.15) is 23.7 Å². The fourth-order valence-corrected chi connectivity index (χ4v) is 7.03. The van der Waals surface area contributed by atoms with Gasteiger partial charge in [-0.2, -0.15) is 0 Å². The molecular formula is C33H34ClN3O7. The minimum Gasteiger partial charge on any atom is -0.455 e. The lowest BCUT2D eigenvalue weighted by Gasteiger charge is -2.37. The number of cyclic esters (lactones) is 1. The Kier molecular flexibility index (Phi) is 8.32. The fourth-order valence-electron chi connectivity index (χ4n) is 6.80. The molecule has 7 atom stereocenters. The Labute approximate surface area is 260 Å². The summed E-state index contributed by atoms with van der Waals surface area (Å²) in [7, 11) is 0. The van der Waals surface area contributed by atoms with E-state index in [2.05, 4.69) is 5.32 Å². The van der Waals surface area contributed by atoms with Gasteiger partial charge in [-0.25, -0.2) is 0 Å². The molecule has 2 saturated heterocycles. The number of rotatable bonds is 4. The molecule has 0 bridgehead atoms. The number of aliphatic hydroxyl groups excluding tert-OH is 1. The zero-order valence-electron chi connectivity index (χ0n) is 24.2. The quantitative estimate of drug-likeness (QED) is 0.398. The van der Waals surface area contributed by atoms with Crippen molar-refractivity contribution in [1.29, 1.82) is 0 Å². The summed E-state index contributed by atoms with van der Waals surface area (Å²) in [5, 5.41) is 13.4. The van der Waals surface area contributed by atoms with Gasteiger partial charge in [-0.1, -0.05) is 78.4 Å². The van der Waals surface area contributed by atoms with Gasteiger partial charge in [-0.15, -0.1) is 0 Å². The number of carbonyl (C=O) groups excluding carboxylic acids is 4. The Morgan fingerprint density at radius 3 is 2.55 bits per heavy atom. The van der Waals surface area contributed by atoms with Gasteiger partial charge in [0, 0.05) is 13.0 Å². The molecule has 2 fully saturated rings. The number of aliphatic hydroxyl groups is 1. The summed E-state index contributed by atoms with van der Waals surface area (Å²) >= 11 is 6.50. The van der Waals surface area contributed by atoms with Gasteiger partial charge in [0.25, 0.3) is 5.91 Å². The zero-order chi connectivity index (χ0) is 31.0. The first-order chi connectivity index (χ1) is 21.3. The van der Waals surface area contributed by atoms with Crippen LogP contribution < -0.4 is 10.2 Å². The second kappa shape index (κ2) is 12.2.